The second-order valence-electron chi connectivity index (χ2n) is 23.5. The van der Waals surface area contributed by atoms with Crippen LogP contribution in [0.5, 0.6) is 0 Å². The van der Waals surface area contributed by atoms with E-state index in [1.165, 1.54) is 64.2 Å². The number of aromatic nitrogens is 1. The summed E-state index contributed by atoms with van der Waals surface area (Å²) in [4.78, 5) is 15.3. The molecule has 0 atom stereocenters. The molecular formula is C63H97N5O9S2+2. The third-order valence-corrected chi connectivity index (χ3v) is 17.8. The fourth-order valence-electron chi connectivity index (χ4n) is 11.4. The number of amides is 1. The van der Waals surface area contributed by atoms with Crippen LogP contribution in [0.4, 0.5) is 11.4 Å². The van der Waals surface area contributed by atoms with Crippen LogP contribution in [0.25, 0.3) is 5.57 Å². The molecule has 0 spiro atoms. The number of aliphatic hydroxyl groups excluding tert-OH is 2. The minimum Gasteiger partial charge on any atom is -0.394 e. The van der Waals surface area contributed by atoms with E-state index in [0.717, 1.165) is 108 Å². The number of hydrogen-bond acceptors (Lipinski definition) is 9. The minimum atomic E-state index is -4.16. The fraction of sp³-hybridized carbons (Fsp3) is 0.603. The summed E-state index contributed by atoms with van der Waals surface area (Å²) >= 11 is 0. The number of nitrogens with zero attached hydrogens (tertiary/aromatic N) is 3. The van der Waals surface area contributed by atoms with Gasteiger partial charge in [-0.2, -0.15) is 21.4 Å². The number of fused-ring (bicyclic) bond motifs is 2. The predicted octanol–water partition coefficient (Wildman–Crippen LogP) is 11.1. The molecule has 0 fully saturated rings. The second-order valence-corrected chi connectivity index (χ2v) is 26.7. The van der Waals surface area contributed by atoms with Gasteiger partial charge in [0.1, 0.15) is 13.1 Å². The van der Waals surface area contributed by atoms with Gasteiger partial charge in [-0.25, -0.2) is 4.57 Å². The number of benzene rings is 2. The molecule has 3 heterocycles. The molecule has 0 bridgehead atoms. The van der Waals surface area contributed by atoms with Gasteiger partial charge in [-0.1, -0.05) is 133 Å². The quantitative estimate of drug-likeness (QED) is 0.0138. The van der Waals surface area contributed by atoms with Gasteiger partial charge in [0.05, 0.1) is 35.7 Å². The van der Waals surface area contributed by atoms with E-state index >= 15 is 0 Å². The molecule has 3 aromatic rings. The molecule has 5 rings (SSSR count). The van der Waals surface area contributed by atoms with E-state index in [4.69, 9.17) is 5.73 Å². The second kappa shape index (κ2) is 31.0. The van der Waals surface area contributed by atoms with Crippen molar-refractivity contribution in [2.45, 2.75) is 199 Å². The first-order chi connectivity index (χ1) is 37.5. The maximum absolute atomic E-state index is 13.1. The molecule has 1 aromatic heterocycles. The molecule has 0 radical (unpaired) electrons. The first-order valence-corrected chi connectivity index (χ1v) is 32.6. The summed E-state index contributed by atoms with van der Waals surface area (Å²) in [5.41, 5.74) is 14.0. The molecule has 14 nitrogen and oxygen atoms in total. The number of hydrogen-bond donors (Lipinski definition) is 6. The third-order valence-electron chi connectivity index (χ3n) is 16.2. The molecular weight excluding hydrogens is 1030 g/mol. The summed E-state index contributed by atoms with van der Waals surface area (Å²) in [6.07, 6.45) is 33.1. The Bertz CT molecular complexity index is 2800. The monoisotopic (exact) mass is 1130 g/mol. The lowest BCUT2D eigenvalue weighted by atomic mass is 9.80. The van der Waals surface area contributed by atoms with Crippen LogP contribution in [-0.4, -0.2) is 102 Å². The lowest BCUT2D eigenvalue weighted by Crippen LogP contribution is -2.54. The molecule has 79 heavy (non-hydrogen) atoms. The van der Waals surface area contributed by atoms with Crippen molar-refractivity contribution in [3.63, 3.8) is 0 Å². The molecule has 2 aliphatic heterocycles. The van der Waals surface area contributed by atoms with Crippen molar-refractivity contribution in [2.24, 2.45) is 5.73 Å². The summed E-state index contributed by atoms with van der Waals surface area (Å²) in [5.74, 6) is -0.863. The van der Waals surface area contributed by atoms with Crippen molar-refractivity contribution in [1.82, 2.24) is 5.32 Å². The van der Waals surface area contributed by atoms with Crippen molar-refractivity contribution in [3.8, 4) is 0 Å². The molecule has 2 aromatic carbocycles. The Morgan fingerprint density at radius 2 is 1.22 bits per heavy atom. The summed E-state index contributed by atoms with van der Waals surface area (Å²) in [6, 6.07) is 16.8. The summed E-state index contributed by atoms with van der Waals surface area (Å²) in [6.45, 7) is 14.5. The lowest BCUT2D eigenvalue weighted by molar-refractivity contribution is -0.697. The zero-order valence-corrected chi connectivity index (χ0v) is 50.3. The van der Waals surface area contributed by atoms with Crippen LogP contribution >= 0.6 is 0 Å². The molecule has 0 saturated heterocycles. The van der Waals surface area contributed by atoms with Crippen LogP contribution in [-0.2, 0) is 42.4 Å². The molecule has 16 heteroatoms. The zero-order chi connectivity index (χ0) is 57.7. The first-order valence-electron chi connectivity index (χ1n) is 29.4. The van der Waals surface area contributed by atoms with Gasteiger partial charge < -0.3 is 26.2 Å². The van der Waals surface area contributed by atoms with Crippen LogP contribution in [0.3, 0.4) is 0 Å². The molecule has 7 N–H and O–H groups in total. The van der Waals surface area contributed by atoms with E-state index in [1.54, 1.807) is 0 Å². The van der Waals surface area contributed by atoms with Gasteiger partial charge in [-0.3, -0.25) is 13.9 Å². The van der Waals surface area contributed by atoms with E-state index in [-0.39, 0.29) is 43.5 Å². The van der Waals surface area contributed by atoms with Crippen molar-refractivity contribution in [2.75, 3.05) is 49.3 Å². The van der Waals surface area contributed by atoms with Crippen LogP contribution in [0.1, 0.15) is 190 Å². The number of nitrogens with one attached hydrogen (secondary N) is 1. The van der Waals surface area contributed by atoms with Gasteiger partial charge in [0, 0.05) is 72.4 Å². The first kappa shape index (κ1) is 65.3. The molecule has 2 aliphatic rings. The Labute approximate surface area is 474 Å². The van der Waals surface area contributed by atoms with Crippen LogP contribution in [0, 0.1) is 13.8 Å². The zero-order valence-electron chi connectivity index (χ0n) is 48.7. The lowest BCUT2D eigenvalue weighted by Gasteiger charge is -2.31. The van der Waals surface area contributed by atoms with Gasteiger partial charge in [0.2, 0.25) is 11.6 Å². The van der Waals surface area contributed by atoms with Crippen molar-refractivity contribution in [3.05, 3.63) is 119 Å². The van der Waals surface area contributed by atoms with Gasteiger partial charge in [-0.15, -0.1) is 0 Å². The Morgan fingerprint density at radius 1 is 0.671 bits per heavy atom. The number of carbonyl (C=O) groups is 1. The largest absolute Gasteiger partial charge is 0.394 e. The maximum Gasteiger partial charge on any atom is 0.265 e. The number of pyridine rings is 1. The summed E-state index contributed by atoms with van der Waals surface area (Å²) in [7, 11) is -8.32. The highest BCUT2D eigenvalue weighted by atomic mass is 32.2. The van der Waals surface area contributed by atoms with Gasteiger partial charge >= 0.3 is 0 Å². The molecule has 438 valence electrons. The van der Waals surface area contributed by atoms with E-state index in [9.17, 15) is 40.9 Å². The van der Waals surface area contributed by atoms with Crippen LogP contribution in [0.2, 0.25) is 0 Å². The normalized spacial score (nSPS) is 15.9. The van der Waals surface area contributed by atoms with E-state index < -0.39 is 36.6 Å². The summed E-state index contributed by atoms with van der Waals surface area (Å²) < 4.78 is 70.9. The topological polar surface area (TPSA) is 214 Å². The number of anilines is 1. The highest BCUT2D eigenvalue weighted by molar-refractivity contribution is 7.86. The van der Waals surface area contributed by atoms with Crippen LogP contribution < -0.4 is 20.5 Å². The fourth-order valence-corrected chi connectivity index (χ4v) is 12.4. The number of aryl methyl sites for hydroxylation is 3. The molecule has 0 saturated carbocycles. The number of allylic oxidation sites excluding steroid dienone is 6. The average Bonchev–Trinajstić information content (AvgIpc) is 3.97. The predicted molar refractivity (Wildman–Crippen MR) is 321 cm³/mol. The standard InChI is InChI=1S/C63H95N5O9S2/c1-50-27-31-56-54(46-50)61(3,4)58(67(56)40-24-44-78(72,73)74)33-29-52(30-34-59-62(5,6)55-47-51(2)28-32-57(55)68(59)41-25-45-79(75,76)77)53-35-42-66(43-36-53)39-23-19-20-26-60(71)65-63(48-69,49-70)37-21-17-15-13-11-9-7-8-10-12-14-16-18-22-38-64/h27-36,42-43,46-47,69-70H,7-26,37-41,44-45,48-49,64H2,1-6H3,(H-2,65,71,72,73,74,75,76,77)/p+2. The number of nitrogens with two attached hydrogens (primary N) is 1. The van der Waals surface area contributed by atoms with Crippen LogP contribution in [0.15, 0.2) is 90.9 Å². The van der Waals surface area contributed by atoms with E-state index in [2.05, 4.69) is 146 Å². The van der Waals surface area contributed by atoms with E-state index in [0.29, 0.717) is 32.4 Å². The smallest absolute Gasteiger partial charge is 0.265 e. The Kier molecular flexibility index (Phi) is 25.6. The number of rotatable bonds is 37. The van der Waals surface area contributed by atoms with E-state index in [1.807, 2.05) is 0 Å². The maximum atomic E-state index is 13.1. The average molecular weight is 1130 g/mol. The Balaban J connectivity index is 1.25. The van der Waals surface area contributed by atoms with Gasteiger partial charge in [0.15, 0.2) is 18.1 Å². The number of aliphatic hydroxyl groups is 2. The van der Waals surface area contributed by atoms with Crippen molar-refractivity contribution in [1.29, 1.82) is 0 Å². The Morgan fingerprint density at radius 3 is 1.80 bits per heavy atom. The number of carbonyl (C=O) groups excluding carboxylic acids is 1. The Hall–Kier alpha value is -4.55. The summed E-state index contributed by atoms with van der Waals surface area (Å²) in [5, 5.41) is 23.6. The van der Waals surface area contributed by atoms with Crippen molar-refractivity contribution >= 4 is 48.8 Å². The molecule has 0 unspecified atom stereocenters. The molecule has 1 amide bonds. The minimum absolute atomic E-state index is 0.154. The van der Waals surface area contributed by atoms with Gasteiger partial charge in [-0.05, 0) is 107 Å². The highest BCUT2D eigenvalue weighted by Gasteiger charge is 2.44. The highest BCUT2D eigenvalue weighted by Crippen LogP contribution is 2.48. The third kappa shape index (κ3) is 20.1. The van der Waals surface area contributed by atoms with Gasteiger partial charge in [0.25, 0.3) is 20.2 Å². The van der Waals surface area contributed by atoms with Crippen molar-refractivity contribution < 1.29 is 50.1 Å². The number of unbranched alkanes of at least 4 members (excludes halogenated alkanes) is 15. The SMILES string of the molecule is Cc1ccc2c(c1)C(C)(C)C(/C=C/C(=C/C=C1/N(CCCS(=O)(=O)O)c3ccc(C)cc3C1(C)C)c1cc[n+](CCCCCC(=O)NC(CO)(CO)CCCCCCCCCCCCCCCCN)cc1)=[N+]2CCCS(=O)(=O)O. The molecule has 0 aliphatic carbocycles.